The van der Waals surface area contributed by atoms with Crippen LogP contribution in [0.5, 0.6) is 0 Å². The maximum Gasteiger partial charge on any atom is 0.242 e. The number of nitrogens with two attached hydrogens (primary N) is 1. The fourth-order valence-electron chi connectivity index (χ4n) is 1.37. The second-order valence-electron chi connectivity index (χ2n) is 3.92. The van der Waals surface area contributed by atoms with E-state index >= 15 is 0 Å². The molecule has 1 atom stereocenters. The minimum absolute atomic E-state index is 0.125. The van der Waals surface area contributed by atoms with Gasteiger partial charge in [0, 0.05) is 13.7 Å². The van der Waals surface area contributed by atoms with Crippen LogP contribution in [0.2, 0.25) is 0 Å². The lowest BCUT2D eigenvalue weighted by atomic mass is 10.3. The van der Waals surface area contributed by atoms with Crippen LogP contribution in [-0.4, -0.2) is 42.2 Å². The van der Waals surface area contributed by atoms with Crippen molar-refractivity contribution in [2.45, 2.75) is 13.0 Å². The fraction of sp³-hybridized carbons (Fsp3) is 0.417. The molecule has 1 aromatic rings. The average Bonchev–Trinajstić information content (AvgIpc) is 2.39. The van der Waals surface area contributed by atoms with Crippen LogP contribution in [0.3, 0.4) is 0 Å². The van der Waals surface area contributed by atoms with Crippen LogP contribution in [0.1, 0.15) is 12.6 Å². The van der Waals surface area contributed by atoms with Crippen molar-refractivity contribution in [3.05, 3.63) is 23.9 Å². The smallest absolute Gasteiger partial charge is 0.242 e. The van der Waals surface area contributed by atoms with Crippen molar-refractivity contribution in [1.29, 1.82) is 0 Å². The number of nitrogens with one attached hydrogen (secondary N) is 2. The van der Waals surface area contributed by atoms with E-state index in [0.717, 1.165) is 0 Å². The average molecular weight is 282 g/mol. The molecule has 0 aliphatic heterocycles. The molecule has 0 spiro atoms. The number of thiocarbonyl (C=S) groups is 1. The van der Waals surface area contributed by atoms with Crippen molar-refractivity contribution >= 4 is 28.9 Å². The molecule has 1 heterocycles. The van der Waals surface area contributed by atoms with Gasteiger partial charge in [-0.05, 0) is 19.1 Å². The van der Waals surface area contributed by atoms with Crippen LogP contribution in [0, 0.1) is 0 Å². The fourth-order valence-corrected chi connectivity index (χ4v) is 1.48. The number of amides is 1. The van der Waals surface area contributed by atoms with E-state index in [4.69, 9.17) is 22.7 Å². The molecule has 4 N–H and O–H groups in total. The van der Waals surface area contributed by atoms with Gasteiger partial charge in [0.25, 0.3) is 0 Å². The Labute approximate surface area is 117 Å². The van der Waals surface area contributed by atoms with Crippen LogP contribution in [0.4, 0.5) is 5.82 Å². The molecule has 1 unspecified atom stereocenters. The summed E-state index contributed by atoms with van der Waals surface area (Å²) in [5.41, 5.74) is 6.02. The molecule has 1 amide bonds. The molecule has 0 saturated heterocycles. The van der Waals surface area contributed by atoms with Crippen LogP contribution in [0.15, 0.2) is 18.2 Å². The maximum absolute atomic E-state index is 11.7. The Morgan fingerprint density at radius 2 is 2.32 bits per heavy atom. The molecule has 6 nitrogen and oxygen atoms in total. The van der Waals surface area contributed by atoms with Gasteiger partial charge in [-0.2, -0.15) is 0 Å². The Hall–Kier alpha value is -1.73. The second kappa shape index (κ2) is 7.65. The number of methoxy groups -OCH3 is 1. The van der Waals surface area contributed by atoms with E-state index in [9.17, 15) is 4.79 Å². The summed E-state index contributed by atoms with van der Waals surface area (Å²) < 4.78 is 4.86. The van der Waals surface area contributed by atoms with Gasteiger partial charge in [-0.25, -0.2) is 4.98 Å². The summed E-state index contributed by atoms with van der Waals surface area (Å²) in [5, 5.41) is 5.72. The topological polar surface area (TPSA) is 89.3 Å². The van der Waals surface area contributed by atoms with E-state index in [1.54, 1.807) is 32.2 Å². The number of anilines is 1. The van der Waals surface area contributed by atoms with Crippen molar-refractivity contribution in [3.63, 3.8) is 0 Å². The number of carbonyl (C=O) groups excluding carboxylic acids is 1. The Kier molecular flexibility index (Phi) is 6.17. The lowest BCUT2D eigenvalue weighted by Gasteiger charge is -2.14. The highest BCUT2D eigenvalue weighted by Gasteiger charge is 2.12. The molecule has 0 aliphatic carbocycles. The number of ether oxygens (including phenoxy) is 1. The summed E-state index contributed by atoms with van der Waals surface area (Å²) >= 11 is 4.85. The first-order chi connectivity index (χ1) is 9.04. The summed E-state index contributed by atoms with van der Waals surface area (Å²) in [6.45, 7) is 2.70. The van der Waals surface area contributed by atoms with E-state index in [2.05, 4.69) is 15.6 Å². The van der Waals surface area contributed by atoms with Crippen LogP contribution in [-0.2, 0) is 9.53 Å². The highest BCUT2D eigenvalue weighted by atomic mass is 32.1. The number of carbonyl (C=O) groups is 1. The zero-order valence-electron chi connectivity index (χ0n) is 11.0. The first kappa shape index (κ1) is 15.3. The predicted octanol–water partition coefficient (Wildman–Crippen LogP) is 0.279. The van der Waals surface area contributed by atoms with E-state index in [-0.39, 0.29) is 10.9 Å². The summed E-state index contributed by atoms with van der Waals surface area (Å²) in [4.78, 5) is 16.2. The molecule has 0 bridgehead atoms. The van der Waals surface area contributed by atoms with Gasteiger partial charge in [-0.15, -0.1) is 0 Å². The van der Waals surface area contributed by atoms with Gasteiger partial charge in [0.15, 0.2) is 0 Å². The van der Waals surface area contributed by atoms with Gasteiger partial charge >= 0.3 is 0 Å². The highest BCUT2D eigenvalue weighted by Crippen LogP contribution is 2.06. The van der Waals surface area contributed by atoms with Crippen LogP contribution >= 0.6 is 12.2 Å². The van der Waals surface area contributed by atoms with E-state index < -0.39 is 6.04 Å². The number of hydrogen-bond donors (Lipinski definition) is 3. The summed E-state index contributed by atoms with van der Waals surface area (Å²) in [6.07, 6.45) is 0. The normalized spacial score (nSPS) is 11.7. The summed E-state index contributed by atoms with van der Waals surface area (Å²) in [7, 11) is 1.58. The van der Waals surface area contributed by atoms with Gasteiger partial charge in [-0.3, -0.25) is 4.79 Å². The van der Waals surface area contributed by atoms with Gasteiger partial charge in [0.1, 0.15) is 16.8 Å². The molecule has 104 valence electrons. The number of pyridine rings is 1. The quantitative estimate of drug-likeness (QED) is 0.492. The first-order valence-electron chi connectivity index (χ1n) is 5.84. The molecule has 0 saturated carbocycles. The van der Waals surface area contributed by atoms with E-state index in [0.29, 0.717) is 24.7 Å². The number of rotatable bonds is 7. The van der Waals surface area contributed by atoms with Crippen molar-refractivity contribution < 1.29 is 9.53 Å². The zero-order chi connectivity index (χ0) is 14.3. The molecule has 19 heavy (non-hydrogen) atoms. The monoisotopic (exact) mass is 282 g/mol. The van der Waals surface area contributed by atoms with Crippen molar-refractivity contribution in [2.75, 3.05) is 25.6 Å². The van der Waals surface area contributed by atoms with E-state index in [1.807, 2.05) is 0 Å². The minimum atomic E-state index is -0.411. The molecule has 1 rings (SSSR count). The predicted molar refractivity (Wildman–Crippen MR) is 78.1 cm³/mol. The summed E-state index contributed by atoms with van der Waals surface area (Å²) in [6, 6.07) is 4.84. The Bertz CT molecular complexity index is 453. The minimum Gasteiger partial charge on any atom is -0.388 e. The molecular formula is C12H18N4O2S. The third-order valence-corrected chi connectivity index (χ3v) is 2.57. The van der Waals surface area contributed by atoms with Crippen LogP contribution in [0.25, 0.3) is 0 Å². The molecule has 0 radical (unpaired) electrons. The second-order valence-corrected chi connectivity index (χ2v) is 4.36. The van der Waals surface area contributed by atoms with Crippen molar-refractivity contribution in [2.24, 2.45) is 5.73 Å². The molecule has 0 aromatic carbocycles. The third kappa shape index (κ3) is 5.19. The maximum atomic E-state index is 11.7. The highest BCUT2D eigenvalue weighted by molar-refractivity contribution is 7.80. The lowest BCUT2D eigenvalue weighted by Crippen LogP contribution is -2.39. The number of hydrogen-bond acceptors (Lipinski definition) is 5. The Morgan fingerprint density at radius 3 is 2.95 bits per heavy atom. The molecule has 0 aliphatic rings. The molecule has 7 heteroatoms. The van der Waals surface area contributed by atoms with Gasteiger partial charge in [0.2, 0.25) is 5.91 Å². The Balaban J connectivity index is 2.56. The molecule has 0 fully saturated rings. The lowest BCUT2D eigenvalue weighted by molar-refractivity contribution is -0.121. The van der Waals surface area contributed by atoms with E-state index in [1.165, 1.54) is 0 Å². The Morgan fingerprint density at radius 1 is 1.58 bits per heavy atom. The first-order valence-corrected chi connectivity index (χ1v) is 6.25. The number of nitrogens with zero attached hydrogens (tertiary/aromatic N) is 1. The SMILES string of the molecule is COCCNC(=O)C(C)Nc1cccc(C(N)=S)n1. The molecular weight excluding hydrogens is 264 g/mol. The summed E-state index contributed by atoms with van der Waals surface area (Å²) in [5.74, 6) is 0.430. The zero-order valence-corrected chi connectivity index (χ0v) is 11.8. The van der Waals surface area contributed by atoms with Crippen LogP contribution < -0.4 is 16.4 Å². The standard InChI is InChI=1S/C12H18N4O2S/c1-8(12(17)14-6-7-18-2)15-10-5-3-4-9(16-10)11(13)19/h3-5,8H,6-7H2,1-2H3,(H2,13,19)(H,14,17)(H,15,16). The largest absolute Gasteiger partial charge is 0.388 e. The number of aromatic nitrogens is 1. The third-order valence-electron chi connectivity index (χ3n) is 2.36. The van der Waals surface area contributed by atoms with Crippen molar-refractivity contribution in [1.82, 2.24) is 10.3 Å². The molecule has 1 aromatic heterocycles. The van der Waals surface area contributed by atoms with Gasteiger partial charge in [-0.1, -0.05) is 18.3 Å². The van der Waals surface area contributed by atoms with Crippen molar-refractivity contribution in [3.8, 4) is 0 Å². The van der Waals surface area contributed by atoms with Gasteiger partial charge < -0.3 is 21.1 Å². The van der Waals surface area contributed by atoms with Gasteiger partial charge in [0.05, 0.1) is 12.3 Å².